The number of alkyl halides is 1. The van der Waals surface area contributed by atoms with E-state index in [1.165, 1.54) is 0 Å². The monoisotopic (exact) mass is 393 g/mol. The van der Waals surface area contributed by atoms with Crippen molar-refractivity contribution in [2.24, 2.45) is 0 Å². The summed E-state index contributed by atoms with van der Waals surface area (Å²) < 4.78 is 6.72. The van der Waals surface area contributed by atoms with Crippen molar-refractivity contribution in [3.63, 3.8) is 0 Å². The standard InChI is InChI=1S/C11H16IN5O3/c1-16-3-15-11-7(10(16)13)14-4-17(11)6-2-5(18)8(20-6)9(12)19/h4-6,8-9,13,15,18-19H,2-3H2,1H3/t5-,6+,8-,9?/m0/s1. The highest BCUT2D eigenvalue weighted by Gasteiger charge is 2.40. The van der Waals surface area contributed by atoms with Gasteiger partial charge in [0.25, 0.3) is 0 Å². The molecule has 0 spiro atoms. The van der Waals surface area contributed by atoms with Crippen molar-refractivity contribution < 1.29 is 14.9 Å². The fourth-order valence-corrected chi connectivity index (χ4v) is 3.13. The smallest absolute Gasteiger partial charge is 0.152 e. The fourth-order valence-electron chi connectivity index (χ4n) is 2.48. The fraction of sp³-hybridized carbons (Fsp3) is 0.636. The second-order valence-corrected chi connectivity index (χ2v) is 6.24. The molecule has 8 nitrogen and oxygen atoms in total. The number of ether oxygens (including phenoxy) is 1. The molecule has 2 aliphatic rings. The van der Waals surface area contributed by atoms with Crippen LogP contribution in [-0.2, 0) is 4.74 Å². The number of nitrogens with zero attached hydrogens (tertiary/aromatic N) is 3. The molecule has 0 bridgehead atoms. The van der Waals surface area contributed by atoms with E-state index in [0.29, 0.717) is 30.4 Å². The van der Waals surface area contributed by atoms with E-state index in [1.807, 2.05) is 29.6 Å². The van der Waals surface area contributed by atoms with Crippen LogP contribution in [0.2, 0.25) is 0 Å². The van der Waals surface area contributed by atoms with Gasteiger partial charge in [-0.25, -0.2) is 4.98 Å². The quantitative estimate of drug-likeness (QED) is 0.414. The molecule has 1 fully saturated rings. The molecule has 0 saturated carbocycles. The van der Waals surface area contributed by atoms with Crippen LogP contribution < -0.4 is 5.32 Å². The molecule has 3 rings (SSSR count). The van der Waals surface area contributed by atoms with Gasteiger partial charge in [-0.2, -0.15) is 0 Å². The van der Waals surface area contributed by atoms with Crippen LogP contribution >= 0.6 is 22.6 Å². The van der Waals surface area contributed by atoms with Crippen LogP contribution in [-0.4, -0.2) is 60.5 Å². The van der Waals surface area contributed by atoms with Gasteiger partial charge in [0, 0.05) is 13.5 Å². The number of nitrogens with one attached hydrogen (secondary N) is 2. The van der Waals surface area contributed by atoms with Crippen LogP contribution in [0, 0.1) is 5.41 Å². The predicted molar refractivity (Wildman–Crippen MR) is 79.9 cm³/mol. The lowest BCUT2D eigenvalue weighted by Gasteiger charge is -2.27. The number of amidine groups is 1. The van der Waals surface area contributed by atoms with Crippen LogP contribution in [0.25, 0.3) is 0 Å². The predicted octanol–water partition coefficient (Wildman–Crippen LogP) is -0.0749. The maximum absolute atomic E-state index is 9.93. The molecule has 110 valence electrons. The number of imidazole rings is 1. The molecule has 4 atom stereocenters. The lowest BCUT2D eigenvalue weighted by molar-refractivity contribution is -0.0497. The summed E-state index contributed by atoms with van der Waals surface area (Å²) in [7, 11) is 1.82. The molecule has 3 heterocycles. The molecular formula is C11H16IN5O3. The minimum absolute atomic E-state index is 0.349. The number of halogens is 1. The van der Waals surface area contributed by atoms with Gasteiger partial charge in [-0.15, -0.1) is 0 Å². The van der Waals surface area contributed by atoms with Gasteiger partial charge in [0.15, 0.2) is 5.84 Å². The van der Waals surface area contributed by atoms with Gasteiger partial charge in [-0.05, 0) is 22.6 Å². The van der Waals surface area contributed by atoms with Gasteiger partial charge in [-0.3, -0.25) is 9.98 Å². The van der Waals surface area contributed by atoms with Gasteiger partial charge in [0.2, 0.25) is 0 Å². The first-order valence-electron chi connectivity index (χ1n) is 6.25. The number of fused-ring (bicyclic) bond motifs is 1. The first-order valence-corrected chi connectivity index (χ1v) is 7.50. The number of anilines is 1. The first-order chi connectivity index (χ1) is 9.49. The normalized spacial score (nSPS) is 31.1. The minimum Gasteiger partial charge on any atom is -0.390 e. The van der Waals surface area contributed by atoms with E-state index in [-0.39, 0.29) is 6.23 Å². The minimum atomic E-state index is -0.760. The average molecular weight is 393 g/mol. The summed E-state index contributed by atoms with van der Waals surface area (Å²) >= 11 is 1.83. The highest BCUT2D eigenvalue weighted by molar-refractivity contribution is 14.1. The number of aliphatic hydroxyl groups excluding tert-OH is 2. The van der Waals surface area contributed by atoms with Gasteiger partial charge in [-0.1, -0.05) is 0 Å². The molecule has 0 aliphatic carbocycles. The first kappa shape index (κ1) is 14.0. The maximum Gasteiger partial charge on any atom is 0.152 e. The Kier molecular flexibility index (Phi) is 3.60. The van der Waals surface area contributed by atoms with E-state index in [0.717, 1.165) is 0 Å². The van der Waals surface area contributed by atoms with E-state index >= 15 is 0 Å². The third-order valence-electron chi connectivity index (χ3n) is 3.60. The SMILES string of the molecule is CN1CNc2c(ncn2[C@H]2C[C@H](O)[C@@H](C(O)I)O2)C1=N. The number of hydrogen-bond acceptors (Lipinski definition) is 6. The topological polar surface area (TPSA) is 107 Å². The molecule has 1 aromatic rings. The molecule has 1 unspecified atom stereocenters. The van der Waals surface area contributed by atoms with Crippen LogP contribution in [0.3, 0.4) is 0 Å². The summed E-state index contributed by atoms with van der Waals surface area (Å²) in [6, 6.07) is 0. The second kappa shape index (κ2) is 5.13. The molecule has 0 radical (unpaired) electrons. The Labute approximate surface area is 129 Å². The van der Waals surface area contributed by atoms with Crippen molar-refractivity contribution in [3.05, 3.63) is 12.0 Å². The molecule has 1 saturated heterocycles. The van der Waals surface area contributed by atoms with Crippen LogP contribution in [0.5, 0.6) is 0 Å². The maximum atomic E-state index is 9.93. The zero-order chi connectivity index (χ0) is 14.4. The number of aliphatic hydroxyl groups is 2. The Morgan fingerprint density at radius 1 is 1.65 bits per heavy atom. The lowest BCUT2D eigenvalue weighted by Crippen LogP contribution is -2.37. The zero-order valence-corrected chi connectivity index (χ0v) is 13.0. The van der Waals surface area contributed by atoms with Crippen molar-refractivity contribution in [2.75, 3.05) is 19.0 Å². The summed E-state index contributed by atoms with van der Waals surface area (Å²) in [6.07, 6.45) is 0.280. The van der Waals surface area contributed by atoms with Gasteiger partial charge in [0.05, 0.1) is 19.1 Å². The average Bonchev–Trinajstić information content (AvgIpc) is 2.97. The van der Waals surface area contributed by atoms with Crippen molar-refractivity contribution >= 4 is 34.2 Å². The summed E-state index contributed by atoms with van der Waals surface area (Å²) in [6.45, 7) is 0.519. The lowest BCUT2D eigenvalue weighted by atomic mass is 10.2. The Balaban J connectivity index is 1.87. The van der Waals surface area contributed by atoms with Crippen LogP contribution in [0.4, 0.5) is 5.82 Å². The van der Waals surface area contributed by atoms with E-state index in [9.17, 15) is 10.2 Å². The number of aromatic nitrogens is 2. The third kappa shape index (κ3) is 2.18. The van der Waals surface area contributed by atoms with Crippen molar-refractivity contribution in [3.8, 4) is 0 Å². The van der Waals surface area contributed by atoms with Crippen LogP contribution in [0.15, 0.2) is 6.33 Å². The summed E-state index contributed by atoms with van der Waals surface area (Å²) in [5.74, 6) is 1.07. The number of rotatable bonds is 2. The third-order valence-corrected chi connectivity index (χ3v) is 4.31. The van der Waals surface area contributed by atoms with Gasteiger partial charge < -0.3 is 25.2 Å². The largest absolute Gasteiger partial charge is 0.390 e. The molecule has 20 heavy (non-hydrogen) atoms. The van der Waals surface area contributed by atoms with Crippen molar-refractivity contribution in [1.82, 2.24) is 14.5 Å². The summed E-state index contributed by atoms with van der Waals surface area (Å²) in [5, 5.41) is 30.7. The van der Waals surface area contributed by atoms with Crippen LogP contribution in [0.1, 0.15) is 18.3 Å². The molecule has 1 aromatic heterocycles. The van der Waals surface area contributed by atoms with E-state index in [1.54, 1.807) is 15.8 Å². The van der Waals surface area contributed by atoms with E-state index < -0.39 is 16.3 Å². The van der Waals surface area contributed by atoms with Gasteiger partial charge in [0.1, 0.15) is 28.0 Å². The molecule has 0 aromatic carbocycles. The highest BCUT2D eigenvalue weighted by atomic mass is 127. The Hall–Kier alpha value is -0.910. The van der Waals surface area contributed by atoms with E-state index in [2.05, 4.69) is 10.3 Å². The van der Waals surface area contributed by atoms with E-state index in [4.69, 9.17) is 10.1 Å². The highest BCUT2D eigenvalue weighted by Crippen LogP contribution is 2.35. The Morgan fingerprint density at radius 2 is 2.40 bits per heavy atom. The van der Waals surface area contributed by atoms with Crippen molar-refractivity contribution in [1.29, 1.82) is 5.41 Å². The summed E-state index contributed by atoms with van der Waals surface area (Å²) in [5.41, 5.74) is 0.565. The molecule has 9 heteroatoms. The molecule has 0 amide bonds. The molecular weight excluding hydrogens is 377 g/mol. The second-order valence-electron chi connectivity index (χ2n) is 4.96. The number of hydrogen-bond donors (Lipinski definition) is 4. The Bertz CT molecular complexity index is 534. The summed E-state index contributed by atoms with van der Waals surface area (Å²) in [4.78, 5) is 5.99. The molecule has 2 aliphatic heterocycles. The molecule has 4 N–H and O–H groups in total. The van der Waals surface area contributed by atoms with Crippen molar-refractivity contribution in [2.45, 2.75) is 29.0 Å². The Morgan fingerprint density at radius 3 is 3.05 bits per heavy atom. The van der Waals surface area contributed by atoms with Gasteiger partial charge >= 0.3 is 0 Å². The zero-order valence-electron chi connectivity index (χ0n) is 10.8.